The summed E-state index contributed by atoms with van der Waals surface area (Å²) in [5, 5.41) is 9.63. The molecule has 2 unspecified atom stereocenters. The van der Waals surface area contributed by atoms with Crippen molar-refractivity contribution in [1.29, 1.82) is 0 Å². The summed E-state index contributed by atoms with van der Waals surface area (Å²) in [6.45, 7) is 3.48. The Kier molecular flexibility index (Phi) is 4.03. The third-order valence-corrected chi connectivity index (χ3v) is 4.31. The van der Waals surface area contributed by atoms with E-state index in [1.165, 1.54) is 5.56 Å². The van der Waals surface area contributed by atoms with Crippen LogP contribution in [0, 0.1) is 0 Å². The van der Waals surface area contributed by atoms with Gasteiger partial charge in [0, 0.05) is 25.7 Å². The van der Waals surface area contributed by atoms with Gasteiger partial charge in [0.2, 0.25) is 5.91 Å². The van der Waals surface area contributed by atoms with Gasteiger partial charge in [-0.3, -0.25) is 9.69 Å². The van der Waals surface area contributed by atoms with Crippen molar-refractivity contribution in [3.8, 4) is 0 Å². The van der Waals surface area contributed by atoms with Gasteiger partial charge in [0.25, 0.3) is 0 Å². The van der Waals surface area contributed by atoms with Crippen molar-refractivity contribution >= 4 is 5.91 Å². The van der Waals surface area contributed by atoms with Crippen molar-refractivity contribution in [3.05, 3.63) is 35.9 Å². The largest absolute Gasteiger partial charge is 0.391 e. The highest BCUT2D eigenvalue weighted by atomic mass is 16.3. The van der Waals surface area contributed by atoms with Gasteiger partial charge >= 0.3 is 0 Å². The molecule has 0 radical (unpaired) electrons. The Balaban J connectivity index is 1.61. The average Bonchev–Trinajstić information content (AvgIpc) is 2.79. The van der Waals surface area contributed by atoms with Crippen LogP contribution in [0.4, 0.5) is 0 Å². The molecular weight excluding hydrogens is 252 g/mol. The van der Waals surface area contributed by atoms with Crippen molar-refractivity contribution in [3.63, 3.8) is 0 Å². The molecule has 0 spiro atoms. The molecule has 2 heterocycles. The van der Waals surface area contributed by atoms with Gasteiger partial charge in [0.05, 0.1) is 12.5 Å². The molecule has 1 aromatic carbocycles. The summed E-state index contributed by atoms with van der Waals surface area (Å²) in [7, 11) is 0. The maximum Gasteiger partial charge on any atom is 0.225 e. The molecule has 2 saturated heterocycles. The SMILES string of the molecule is O=C1CC(O)CN1C1CCCN(Cc2ccccc2)C1. The average molecular weight is 274 g/mol. The molecule has 0 bridgehead atoms. The van der Waals surface area contributed by atoms with Crippen LogP contribution in [0.25, 0.3) is 0 Å². The van der Waals surface area contributed by atoms with Crippen molar-refractivity contribution in [2.75, 3.05) is 19.6 Å². The van der Waals surface area contributed by atoms with E-state index < -0.39 is 6.10 Å². The Morgan fingerprint density at radius 3 is 2.70 bits per heavy atom. The second-order valence-electron chi connectivity index (χ2n) is 5.92. The zero-order chi connectivity index (χ0) is 13.9. The molecule has 108 valence electrons. The molecule has 2 aliphatic rings. The van der Waals surface area contributed by atoms with Crippen LogP contribution in [0.5, 0.6) is 0 Å². The smallest absolute Gasteiger partial charge is 0.225 e. The van der Waals surface area contributed by atoms with Crippen LogP contribution in [0.1, 0.15) is 24.8 Å². The van der Waals surface area contributed by atoms with E-state index in [-0.39, 0.29) is 11.9 Å². The lowest BCUT2D eigenvalue weighted by atomic mass is 10.0. The molecule has 2 atom stereocenters. The quantitative estimate of drug-likeness (QED) is 0.902. The molecule has 3 rings (SSSR count). The summed E-state index contributed by atoms with van der Waals surface area (Å²) >= 11 is 0. The fraction of sp³-hybridized carbons (Fsp3) is 0.562. The summed E-state index contributed by atoms with van der Waals surface area (Å²) in [6, 6.07) is 10.7. The zero-order valence-electron chi connectivity index (χ0n) is 11.7. The molecule has 20 heavy (non-hydrogen) atoms. The maximum absolute atomic E-state index is 11.9. The minimum atomic E-state index is -0.466. The molecule has 4 nitrogen and oxygen atoms in total. The number of aliphatic hydroxyl groups is 1. The van der Waals surface area contributed by atoms with E-state index in [1.54, 1.807) is 0 Å². The van der Waals surface area contributed by atoms with E-state index in [4.69, 9.17) is 0 Å². The fourth-order valence-corrected chi connectivity index (χ4v) is 3.34. The molecule has 1 N–H and O–H groups in total. The summed E-state index contributed by atoms with van der Waals surface area (Å²) < 4.78 is 0. The Morgan fingerprint density at radius 1 is 1.20 bits per heavy atom. The van der Waals surface area contributed by atoms with Crippen molar-refractivity contribution in [1.82, 2.24) is 9.80 Å². The van der Waals surface area contributed by atoms with Crippen LogP contribution < -0.4 is 0 Å². The number of amides is 1. The first-order valence-electron chi connectivity index (χ1n) is 7.46. The molecule has 0 saturated carbocycles. The van der Waals surface area contributed by atoms with E-state index in [9.17, 15) is 9.90 Å². The Bertz CT molecular complexity index is 463. The van der Waals surface area contributed by atoms with Gasteiger partial charge in [0.1, 0.15) is 0 Å². The summed E-state index contributed by atoms with van der Waals surface area (Å²) in [5.41, 5.74) is 1.32. The van der Waals surface area contributed by atoms with E-state index in [0.717, 1.165) is 32.5 Å². The molecule has 2 fully saturated rings. The predicted molar refractivity (Wildman–Crippen MR) is 77.1 cm³/mol. The predicted octanol–water partition coefficient (Wildman–Crippen LogP) is 1.24. The van der Waals surface area contributed by atoms with Gasteiger partial charge < -0.3 is 10.0 Å². The van der Waals surface area contributed by atoms with E-state index in [0.29, 0.717) is 13.0 Å². The normalized spacial score (nSPS) is 28.1. The first-order valence-corrected chi connectivity index (χ1v) is 7.46. The molecule has 4 heteroatoms. The summed E-state index contributed by atoms with van der Waals surface area (Å²) in [4.78, 5) is 16.2. The zero-order valence-corrected chi connectivity index (χ0v) is 11.7. The third-order valence-electron chi connectivity index (χ3n) is 4.31. The minimum absolute atomic E-state index is 0.115. The van der Waals surface area contributed by atoms with Gasteiger partial charge in [-0.2, -0.15) is 0 Å². The lowest BCUT2D eigenvalue weighted by molar-refractivity contribution is -0.130. The highest BCUT2D eigenvalue weighted by Crippen LogP contribution is 2.22. The van der Waals surface area contributed by atoms with Gasteiger partial charge in [-0.1, -0.05) is 30.3 Å². The number of benzene rings is 1. The first kappa shape index (κ1) is 13.6. The third kappa shape index (κ3) is 3.02. The topological polar surface area (TPSA) is 43.8 Å². The monoisotopic (exact) mass is 274 g/mol. The lowest BCUT2D eigenvalue weighted by Crippen LogP contribution is -2.48. The van der Waals surface area contributed by atoms with Crippen LogP contribution in [0.15, 0.2) is 30.3 Å². The molecule has 2 aliphatic heterocycles. The molecule has 0 aliphatic carbocycles. The number of hydrogen-bond donors (Lipinski definition) is 1. The van der Waals surface area contributed by atoms with Gasteiger partial charge in [-0.05, 0) is 24.9 Å². The second kappa shape index (κ2) is 5.94. The number of aliphatic hydroxyl groups excluding tert-OH is 1. The van der Waals surface area contributed by atoms with Gasteiger partial charge in [-0.25, -0.2) is 0 Å². The Hall–Kier alpha value is -1.39. The summed E-state index contributed by atoms with van der Waals surface area (Å²) in [5.74, 6) is 0.115. The number of nitrogens with zero attached hydrogens (tertiary/aromatic N) is 2. The molecular formula is C16H22N2O2. The number of piperidine rings is 1. The number of carbonyl (C=O) groups is 1. The maximum atomic E-state index is 11.9. The number of β-amino-alcohol motifs (C(OH)–C–C–N with tert-alkyl or cyclic N) is 1. The Morgan fingerprint density at radius 2 is 2.00 bits per heavy atom. The highest BCUT2D eigenvalue weighted by Gasteiger charge is 2.35. The van der Waals surface area contributed by atoms with Crippen LogP contribution >= 0.6 is 0 Å². The van der Waals surface area contributed by atoms with E-state index in [2.05, 4.69) is 29.2 Å². The van der Waals surface area contributed by atoms with E-state index >= 15 is 0 Å². The number of carbonyl (C=O) groups excluding carboxylic acids is 1. The number of hydrogen-bond acceptors (Lipinski definition) is 3. The van der Waals surface area contributed by atoms with Crippen LogP contribution in [0.2, 0.25) is 0 Å². The van der Waals surface area contributed by atoms with Crippen molar-refractivity contribution in [2.24, 2.45) is 0 Å². The minimum Gasteiger partial charge on any atom is -0.391 e. The second-order valence-corrected chi connectivity index (χ2v) is 5.92. The first-order chi connectivity index (χ1) is 9.72. The van der Waals surface area contributed by atoms with Gasteiger partial charge in [-0.15, -0.1) is 0 Å². The summed E-state index contributed by atoms with van der Waals surface area (Å²) in [6.07, 6.45) is 2.02. The van der Waals surface area contributed by atoms with Crippen LogP contribution in [-0.4, -0.2) is 52.6 Å². The lowest BCUT2D eigenvalue weighted by Gasteiger charge is -2.37. The Labute approximate surface area is 120 Å². The van der Waals surface area contributed by atoms with Crippen LogP contribution in [-0.2, 0) is 11.3 Å². The highest BCUT2D eigenvalue weighted by molar-refractivity contribution is 5.79. The molecule has 1 aromatic rings. The van der Waals surface area contributed by atoms with E-state index in [1.807, 2.05) is 11.0 Å². The van der Waals surface area contributed by atoms with Crippen LogP contribution in [0.3, 0.4) is 0 Å². The number of rotatable bonds is 3. The fourth-order valence-electron chi connectivity index (χ4n) is 3.34. The van der Waals surface area contributed by atoms with Crippen molar-refractivity contribution in [2.45, 2.75) is 38.0 Å². The van der Waals surface area contributed by atoms with Gasteiger partial charge in [0.15, 0.2) is 0 Å². The standard InChI is InChI=1S/C16H22N2O2/c19-15-9-16(20)18(12-15)14-7-4-8-17(11-14)10-13-5-2-1-3-6-13/h1-3,5-6,14-15,19H,4,7-12H2. The molecule has 1 amide bonds. The van der Waals surface area contributed by atoms with Crippen molar-refractivity contribution < 1.29 is 9.90 Å². The molecule has 0 aromatic heterocycles. The number of likely N-dealkylation sites (tertiary alicyclic amines) is 2.